The van der Waals surface area contributed by atoms with Gasteiger partial charge in [-0.1, -0.05) is 26.2 Å². The van der Waals surface area contributed by atoms with Gasteiger partial charge in [-0.05, 0) is 61.7 Å². The molecule has 1 amide bonds. The number of fused-ring (bicyclic) bond motifs is 2. The van der Waals surface area contributed by atoms with Crippen LogP contribution >= 0.6 is 0 Å². The van der Waals surface area contributed by atoms with E-state index < -0.39 is 58.8 Å². The molecule has 3 aliphatic rings. The third-order valence-corrected chi connectivity index (χ3v) is 11.4. The lowest BCUT2D eigenvalue weighted by atomic mass is 9.91. The molecule has 3 heterocycles. The first kappa shape index (κ1) is 38.3. The summed E-state index contributed by atoms with van der Waals surface area (Å²) in [5.74, 6) is -1.44. The Kier molecular flexibility index (Phi) is 13.8. The van der Waals surface area contributed by atoms with Crippen LogP contribution in [0.2, 0.25) is 0 Å². The molecule has 50 heavy (non-hydrogen) atoms. The number of alkyl carbamates (subject to hydrolysis) is 1. The summed E-state index contributed by atoms with van der Waals surface area (Å²) in [6.07, 6.45) is 0.698. The molecule has 3 N–H and O–H groups in total. The molecule has 278 valence electrons. The Morgan fingerprint density at radius 1 is 1.06 bits per heavy atom. The number of aliphatic hydroxyl groups is 1. The largest absolute Gasteiger partial charge is 0.497 e. The van der Waals surface area contributed by atoms with Crippen molar-refractivity contribution in [3.63, 3.8) is 0 Å². The van der Waals surface area contributed by atoms with Gasteiger partial charge in [-0.2, -0.15) is 4.31 Å². The number of rotatable bonds is 10. The molecule has 0 unspecified atom stereocenters. The molecule has 15 heteroatoms. The highest BCUT2D eigenvalue weighted by Gasteiger charge is 2.47. The Bertz CT molecular complexity index is 1510. The number of methoxy groups -OCH3 is 1. The number of halogens is 2. The van der Waals surface area contributed by atoms with Crippen LogP contribution in [-0.2, 0) is 42.0 Å². The lowest BCUT2D eigenvalue weighted by molar-refractivity contribution is -0.180. The van der Waals surface area contributed by atoms with Gasteiger partial charge in [-0.15, -0.1) is 0 Å². The quantitative estimate of drug-likeness (QED) is 0.330. The van der Waals surface area contributed by atoms with Gasteiger partial charge in [0.05, 0.1) is 49.9 Å². The molecular weight excluding hydrogens is 676 g/mol. The Balaban J connectivity index is 1.40. The predicted molar refractivity (Wildman–Crippen MR) is 179 cm³/mol. The van der Waals surface area contributed by atoms with E-state index in [4.69, 9.17) is 23.7 Å². The van der Waals surface area contributed by atoms with E-state index in [9.17, 15) is 27.1 Å². The summed E-state index contributed by atoms with van der Waals surface area (Å²) in [6.45, 7) is 3.59. The Morgan fingerprint density at radius 3 is 2.58 bits per heavy atom. The van der Waals surface area contributed by atoms with Crippen LogP contribution in [-0.4, -0.2) is 101 Å². The third kappa shape index (κ3) is 9.90. The fraction of sp³-hybridized carbons (Fsp3) is 0.629. The van der Waals surface area contributed by atoms with Gasteiger partial charge in [0.15, 0.2) is 6.29 Å². The second-order valence-electron chi connectivity index (χ2n) is 13.0. The first-order valence-corrected chi connectivity index (χ1v) is 18.8. The number of nitrogens with zero attached hydrogens (tertiary/aromatic N) is 1. The van der Waals surface area contributed by atoms with Crippen LogP contribution in [0.4, 0.5) is 13.6 Å². The summed E-state index contributed by atoms with van der Waals surface area (Å²) in [7, 11) is -2.71. The number of β-amino-alcohol motifs (C(OH)–C–C–N with tert-alkyl or cyclic N) is 1. The molecule has 2 fully saturated rings. The summed E-state index contributed by atoms with van der Waals surface area (Å²) in [5, 5.41) is 17.7. The van der Waals surface area contributed by atoms with Gasteiger partial charge < -0.3 is 39.4 Å². The standard InChI is InChI=1S/C35H49F2N3O9S/c1-3-38-29-22-48-34-33(29)31(11-14-47-34)49-35(42)39-28(17-23-15-25(36)19-26(37)16-23)30(41)20-40-12-7-5-4-6-8-13-46-21-24-18-27(45-2)9-10-32(24)50(40,43)44/h9-10,15-16,18-19,28-31,33-34,38,41H,3-8,11-14,17,20-22H2,1-2H3,(H,39,42)/t28-,29-,30+,31-,33-,34-/m0/s1. The molecule has 0 aliphatic carbocycles. The minimum atomic E-state index is -4.20. The summed E-state index contributed by atoms with van der Waals surface area (Å²) in [4.78, 5) is 13.5. The first-order valence-electron chi connectivity index (χ1n) is 17.4. The summed E-state index contributed by atoms with van der Waals surface area (Å²) in [5.41, 5.74) is 0.579. The van der Waals surface area contributed by atoms with Crippen molar-refractivity contribution in [1.82, 2.24) is 14.9 Å². The average molecular weight is 726 g/mol. The second kappa shape index (κ2) is 18.0. The first-order chi connectivity index (χ1) is 24.1. The lowest BCUT2D eigenvalue weighted by Gasteiger charge is -2.35. The van der Waals surface area contributed by atoms with Gasteiger partial charge in [0.1, 0.15) is 23.5 Å². The van der Waals surface area contributed by atoms with Gasteiger partial charge in [0.25, 0.3) is 0 Å². The smallest absolute Gasteiger partial charge is 0.407 e. The van der Waals surface area contributed by atoms with Crippen LogP contribution < -0.4 is 15.4 Å². The van der Waals surface area contributed by atoms with Crippen molar-refractivity contribution in [1.29, 1.82) is 0 Å². The number of aliphatic hydroxyl groups excluding tert-OH is 1. The monoisotopic (exact) mass is 725 g/mol. The van der Waals surface area contributed by atoms with Crippen molar-refractivity contribution < 1.29 is 50.8 Å². The number of amides is 1. The number of sulfonamides is 1. The van der Waals surface area contributed by atoms with Crippen molar-refractivity contribution in [3.05, 3.63) is 59.2 Å². The highest BCUT2D eigenvalue weighted by molar-refractivity contribution is 7.89. The zero-order valence-electron chi connectivity index (χ0n) is 28.7. The van der Waals surface area contributed by atoms with Crippen LogP contribution in [0.5, 0.6) is 5.75 Å². The van der Waals surface area contributed by atoms with Gasteiger partial charge >= 0.3 is 6.09 Å². The Labute approximate surface area is 292 Å². The fourth-order valence-electron chi connectivity index (χ4n) is 6.92. The maximum absolute atomic E-state index is 14.3. The molecule has 6 atom stereocenters. The van der Waals surface area contributed by atoms with Crippen molar-refractivity contribution in [3.8, 4) is 5.75 Å². The summed E-state index contributed by atoms with van der Waals surface area (Å²) >= 11 is 0. The van der Waals surface area contributed by atoms with Crippen LogP contribution in [0.25, 0.3) is 0 Å². The third-order valence-electron chi connectivity index (χ3n) is 9.43. The number of benzene rings is 2. The van der Waals surface area contributed by atoms with Crippen LogP contribution in [0.3, 0.4) is 0 Å². The van der Waals surface area contributed by atoms with Crippen molar-refractivity contribution >= 4 is 16.1 Å². The minimum Gasteiger partial charge on any atom is -0.497 e. The zero-order valence-corrected chi connectivity index (χ0v) is 29.5. The number of nitrogens with one attached hydrogen (secondary N) is 2. The zero-order chi connectivity index (χ0) is 35.7. The van der Waals surface area contributed by atoms with Gasteiger partial charge in [-0.25, -0.2) is 22.0 Å². The lowest BCUT2D eigenvalue weighted by Crippen LogP contribution is -2.53. The minimum absolute atomic E-state index is 0.0176. The highest BCUT2D eigenvalue weighted by Crippen LogP contribution is 2.33. The predicted octanol–water partition coefficient (Wildman–Crippen LogP) is 3.88. The normalized spacial score (nSPS) is 25.9. The molecule has 0 saturated carbocycles. The number of carbonyl (C=O) groups excluding carboxylic acids is 1. The molecule has 2 aromatic rings. The second-order valence-corrected chi connectivity index (χ2v) is 14.9. The van der Waals surface area contributed by atoms with Gasteiger partial charge in [-0.3, -0.25) is 0 Å². The van der Waals surface area contributed by atoms with Crippen molar-refractivity contribution in [2.24, 2.45) is 5.92 Å². The molecule has 2 aromatic carbocycles. The molecule has 0 bridgehead atoms. The van der Waals surface area contributed by atoms with Crippen LogP contribution in [0, 0.1) is 17.6 Å². The molecule has 12 nitrogen and oxygen atoms in total. The Hall–Kier alpha value is -2.92. The Morgan fingerprint density at radius 2 is 1.82 bits per heavy atom. The maximum Gasteiger partial charge on any atom is 0.407 e. The van der Waals surface area contributed by atoms with Crippen LogP contribution in [0.1, 0.15) is 56.6 Å². The molecule has 2 saturated heterocycles. The molecule has 5 rings (SSSR count). The molecule has 3 aliphatic heterocycles. The van der Waals surface area contributed by atoms with E-state index in [1.807, 2.05) is 6.92 Å². The summed E-state index contributed by atoms with van der Waals surface area (Å²) < 4.78 is 86.8. The van der Waals surface area contributed by atoms with E-state index in [0.29, 0.717) is 50.5 Å². The van der Waals surface area contributed by atoms with E-state index in [0.717, 1.165) is 43.9 Å². The van der Waals surface area contributed by atoms with Gasteiger partial charge in [0.2, 0.25) is 10.0 Å². The number of ether oxygens (including phenoxy) is 5. The van der Waals surface area contributed by atoms with Crippen LogP contribution in [0.15, 0.2) is 41.3 Å². The topological polar surface area (TPSA) is 145 Å². The van der Waals surface area contributed by atoms with E-state index in [1.54, 1.807) is 12.1 Å². The molecule has 0 aromatic heterocycles. The highest BCUT2D eigenvalue weighted by atomic mass is 32.2. The van der Waals surface area contributed by atoms with E-state index >= 15 is 0 Å². The molecule has 0 radical (unpaired) electrons. The SMILES string of the molecule is CCN[C@H]1CO[C@@H]2OCC[C@H](OC(=O)N[C@@H](Cc3cc(F)cc(F)c3)[C@H](O)CN3CCCCCCCOCc4cc(OC)ccc4S3(=O)=O)[C@@H]21. The van der Waals surface area contributed by atoms with E-state index in [-0.39, 0.29) is 42.0 Å². The number of likely N-dealkylation sites (N-methyl/N-ethyl adjacent to an activating group) is 1. The van der Waals surface area contributed by atoms with Gasteiger partial charge in [0, 0.05) is 43.8 Å². The van der Waals surface area contributed by atoms with E-state index in [1.165, 1.54) is 17.5 Å². The number of hydrogen-bond donors (Lipinski definition) is 3. The van der Waals surface area contributed by atoms with Crippen molar-refractivity contribution in [2.45, 2.75) is 94.0 Å². The summed E-state index contributed by atoms with van der Waals surface area (Å²) in [6, 6.07) is 6.30. The average Bonchev–Trinajstić information content (AvgIpc) is 3.49. The number of hydrogen-bond acceptors (Lipinski definition) is 10. The maximum atomic E-state index is 14.3. The fourth-order valence-corrected chi connectivity index (χ4v) is 8.60. The number of carbonyl (C=O) groups is 1. The van der Waals surface area contributed by atoms with Crippen molar-refractivity contribution in [2.75, 3.05) is 46.6 Å². The van der Waals surface area contributed by atoms with E-state index in [2.05, 4.69) is 10.6 Å². The molecular formula is C35H49F2N3O9S. The molecule has 0 spiro atoms.